The summed E-state index contributed by atoms with van der Waals surface area (Å²) in [6.45, 7) is 0.714. The summed E-state index contributed by atoms with van der Waals surface area (Å²) in [6.07, 6.45) is 0. The molecule has 20 heavy (non-hydrogen) atoms. The summed E-state index contributed by atoms with van der Waals surface area (Å²) in [4.78, 5) is 5.39. The van der Waals surface area contributed by atoms with Crippen molar-refractivity contribution in [2.45, 2.75) is 10.5 Å². The Kier molecular flexibility index (Phi) is 3.00. The van der Waals surface area contributed by atoms with Gasteiger partial charge in [0.15, 0.2) is 0 Å². The van der Waals surface area contributed by atoms with Crippen LogP contribution in [-0.4, -0.2) is 12.3 Å². The second-order valence-corrected chi connectivity index (χ2v) is 6.43. The van der Waals surface area contributed by atoms with Crippen molar-refractivity contribution in [1.29, 1.82) is 0 Å². The fraction of sp³-hybridized carbons (Fsp3) is 0.235. The summed E-state index contributed by atoms with van der Waals surface area (Å²) in [6, 6.07) is 21.3. The second kappa shape index (κ2) is 4.98. The molecule has 0 aromatic heterocycles. The van der Waals surface area contributed by atoms with E-state index in [-0.39, 0.29) is 0 Å². The second-order valence-electron chi connectivity index (χ2n) is 5.18. The van der Waals surface area contributed by atoms with Crippen molar-refractivity contribution in [2.24, 2.45) is 11.1 Å². The van der Waals surface area contributed by atoms with E-state index in [0.717, 1.165) is 0 Å². The van der Waals surface area contributed by atoms with Gasteiger partial charge in [0.05, 0.1) is 16.9 Å². The van der Waals surface area contributed by atoms with Crippen LogP contribution < -0.4 is 0 Å². The maximum atomic E-state index is 5.39. The highest BCUT2D eigenvalue weighted by molar-refractivity contribution is 8.01. The van der Waals surface area contributed by atoms with Crippen LogP contribution in [0.1, 0.15) is 21.6 Å². The molecule has 100 valence electrons. The van der Waals surface area contributed by atoms with Crippen LogP contribution in [-0.2, 0) is 4.84 Å². The van der Waals surface area contributed by atoms with Gasteiger partial charge in [0.1, 0.15) is 6.61 Å². The molecule has 2 aliphatic heterocycles. The number of hydrogen-bond donors (Lipinski definition) is 0. The first-order chi connectivity index (χ1) is 9.93. The van der Waals surface area contributed by atoms with Crippen molar-refractivity contribution in [1.82, 2.24) is 0 Å². The van der Waals surface area contributed by atoms with Crippen molar-refractivity contribution in [3.63, 3.8) is 0 Å². The summed E-state index contributed by atoms with van der Waals surface area (Å²) in [5.74, 6) is 0.410. The summed E-state index contributed by atoms with van der Waals surface area (Å²) in [7, 11) is 0. The number of thioether (sulfide) groups is 1. The van der Waals surface area contributed by atoms with Crippen LogP contribution in [0.4, 0.5) is 0 Å². The molecule has 3 heteroatoms. The molecule has 2 aromatic rings. The number of oxime groups is 1. The van der Waals surface area contributed by atoms with E-state index < -0.39 is 0 Å². The van der Waals surface area contributed by atoms with Crippen LogP contribution >= 0.6 is 11.8 Å². The quantitative estimate of drug-likeness (QED) is 0.822. The van der Waals surface area contributed by atoms with Gasteiger partial charge in [0.25, 0.3) is 0 Å². The van der Waals surface area contributed by atoms with E-state index in [0.29, 0.717) is 23.0 Å². The predicted octanol–water partition coefficient (Wildman–Crippen LogP) is 4.22. The Balaban J connectivity index is 1.71. The SMILES string of the molecule is c1ccc(C2S[C@H](c3ccccc3)C3=NOCC32)cc1. The van der Waals surface area contributed by atoms with E-state index >= 15 is 0 Å². The lowest BCUT2D eigenvalue weighted by Crippen LogP contribution is -2.14. The van der Waals surface area contributed by atoms with Gasteiger partial charge < -0.3 is 4.84 Å². The summed E-state index contributed by atoms with van der Waals surface area (Å²) in [5.41, 5.74) is 3.90. The molecule has 2 heterocycles. The minimum absolute atomic E-state index is 0.328. The van der Waals surface area contributed by atoms with Crippen LogP contribution in [0, 0.1) is 5.92 Å². The molecule has 4 rings (SSSR count). The van der Waals surface area contributed by atoms with Crippen LogP contribution in [0.3, 0.4) is 0 Å². The minimum atomic E-state index is 0.328. The zero-order valence-corrected chi connectivity index (χ0v) is 11.8. The van der Waals surface area contributed by atoms with Gasteiger partial charge in [0, 0.05) is 5.25 Å². The Labute approximate surface area is 122 Å². The van der Waals surface area contributed by atoms with Gasteiger partial charge in [-0.1, -0.05) is 65.8 Å². The highest BCUT2D eigenvalue weighted by atomic mass is 32.2. The topological polar surface area (TPSA) is 21.6 Å². The van der Waals surface area contributed by atoms with Gasteiger partial charge in [-0.3, -0.25) is 0 Å². The third-order valence-electron chi connectivity index (χ3n) is 3.95. The van der Waals surface area contributed by atoms with E-state index in [1.54, 1.807) is 0 Å². The van der Waals surface area contributed by atoms with Gasteiger partial charge in [0.2, 0.25) is 0 Å². The Morgan fingerprint density at radius 1 is 0.900 bits per heavy atom. The Morgan fingerprint density at radius 3 is 2.25 bits per heavy atom. The fourth-order valence-electron chi connectivity index (χ4n) is 2.97. The Morgan fingerprint density at radius 2 is 1.55 bits per heavy atom. The molecule has 1 saturated heterocycles. The van der Waals surface area contributed by atoms with E-state index in [2.05, 4.69) is 65.8 Å². The molecule has 2 aromatic carbocycles. The lowest BCUT2D eigenvalue weighted by molar-refractivity contribution is 0.154. The van der Waals surface area contributed by atoms with Crippen LogP contribution in [0.25, 0.3) is 0 Å². The third kappa shape index (κ3) is 1.93. The number of benzene rings is 2. The van der Waals surface area contributed by atoms with E-state index in [1.165, 1.54) is 16.8 Å². The zero-order chi connectivity index (χ0) is 13.4. The summed E-state index contributed by atoms with van der Waals surface area (Å²) >= 11 is 2.00. The molecule has 0 aliphatic carbocycles. The number of hydrogen-bond acceptors (Lipinski definition) is 3. The van der Waals surface area contributed by atoms with E-state index in [1.807, 2.05) is 11.8 Å². The molecule has 1 fully saturated rings. The van der Waals surface area contributed by atoms with E-state index in [4.69, 9.17) is 4.84 Å². The highest BCUT2D eigenvalue weighted by Gasteiger charge is 2.45. The van der Waals surface area contributed by atoms with Gasteiger partial charge in [-0.2, -0.15) is 0 Å². The van der Waals surface area contributed by atoms with Crippen molar-refractivity contribution < 1.29 is 4.84 Å². The van der Waals surface area contributed by atoms with Gasteiger partial charge in [-0.15, -0.1) is 11.8 Å². The normalized spacial score (nSPS) is 27.8. The van der Waals surface area contributed by atoms with Crippen LogP contribution in [0.15, 0.2) is 65.8 Å². The van der Waals surface area contributed by atoms with Crippen molar-refractivity contribution in [3.8, 4) is 0 Å². The lowest BCUT2D eigenvalue weighted by atomic mass is 9.92. The average Bonchev–Trinajstić information content (AvgIpc) is 3.11. The molecular formula is C17H15NOS. The van der Waals surface area contributed by atoms with Crippen LogP contribution in [0.2, 0.25) is 0 Å². The molecule has 3 atom stereocenters. The molecular weight excluding hydrogens is 266 g/mol. The monoisotopic (exact) mass is 281 g/mol. The maximum absolute atomic E-state index is 5.39. The highest BCUT2D eigenvalue weighted by Crippen LogP contribution is 2.55. The van der Waals surface area contributed by atoms with E-state index in [9.17, 15) is 0 Å². The van der Waals surface area contributed by atoms with Crippen molar-refractivity contribution in [3.05, 3.63) is 71.8 Å². The first-order valence-corrected chi connectivity index (χ1v) is 7.83. The largest absolute Gasteiger partial charge is 0.395 e. The Bertz CT molecular complexity index is 626. The Hall–Kier alpha value is -1.74. The molecule has 0 N–H and O–H groups in total. The molecule has 0 radical (unpaired) electrons. The number of rotatable bonds is 2. The molecule has 2 unspecified atom stereocenters. The average molecular weight is 281 g/mol. The maximum Gasteiger partial charge on any atom is 0.126 e. The summed E-state index contributed by atoms with van der Waals surface area (Å²) in [5, 5.41) is 5.10. The van der Waals surface area contributed by atoms with Crippen LogP contribution in [0.5, 0.6) is 0 Å². The van der Waals surface area contributed by atoms with Gasteiger partial charge >= 0.3 is 0 Å². The number of fused-ring (bicyclic) bond motifs is 1. The molecule has 2 aliphatic rings. The first kappa shape index (κ1) is 12.0. The number of nitrogens with zero attached hydrogens (tertiary/aromatic N) is 1. The van der Waals surface area contributed by atoms with Gasteiger partial charge in [-0.05, 0) is 11.1 Å². The minimum Gasteiger partial charge on any atom is -0.395 e. The molecule has 2 nitrogen and oxygen atoms in total. The molecule has 0 saturated carbocycles. The lowest BCUT2D eigenvalue weighted by Gasteiger charge is -2.14. The zero-order valence-electron chi connectivity index (χ0n) is 11.0. The standard InChI is InChI=1S/C17H15NOS/c1-3-7-12(8-4-1)16-14-11-19-18-15(14)17(20-16)13-9-5-2-6-10-13/h1-10,14,16-17H,11H2/t14?,16?,17-/m1/s1. The molecule has 0 bridgehead atoms. The molecule has 0 amide bonds. The van der Waals surface area contributed by atoms with Crippen molar-refractivity contribution in [2.75, 3.05) is 6.61 Å². The smallest absolute Gasteiger partial charge is 0.126 e. The van der Waals surface area contributed by atoms with Gasteiger partial charge in [-0.25, -0.2) is 0 Å². The van der Waals surface area contributed by atoms with Crippen molar-refractivity contribution >= 4 is 17.5 Å². The third-order valence-corrected chi connectivity index (χ3v) is 5.63. The summed E-state index contributed by atoms with van der Waals surface area (Å²) < 4.78 is 0. The first-order valence-electron chi connectivity index (χ1n) is 6.88. The molecule has 0 spiro atoms. The fourth-order valence-corrected chi connectivity index (χ4v) is 4.66. The predicted molar refractivity (Wildman–Crippen MR) is 82.8 cm³/mol.